The molecule has 0 N–H and O–H groups in total. The van der Waals surface area contributed by atoms with Crippen LogP contribution in [0.1, 0.15) is 6.42 Å². The van der Waals surface area contributed by atoms with Gasteiger partial charge in [0, 0.05) is 20.1 Å². The van der Waals surface area contributed by atoms with Crippen molar-refractivity contribution in [2.75, 3.05) is 20.1 Å². The van der Waals surface area contributed by atoms with Crippen LogP contribution in [0.3, 0.4) is 0 Å². The summed E-state index contributed by atoms with van der Waals surface area (Å²) in [5.74, 6) is 0. The molecule has 3 saturated heterocycles. The average molecular weight is 182 g/mol. The minimum atomic E-state index is 0.271. The molecule has 3 heterocycles. The van der Waals surface area contributed by atoms with Gasteiger partial charge in [-0.2, -0.15) is 0 Å². The summed E-state index contributed by atoms with van der Waals surface area (Å²) in [5.41, 5.74) is 0. The van der Waals surface area contributed by atoms with Crippen molar-refractivity contribution in [3.8, 4) is 0 Å². The SMILES string of the molecule is CN(C=O)C1C2CN3CCC(O2)[C@H]13. The number of carbonyl (C=O) groups is 1. The number of likely N-dealkylation sites (N-methyl/N-ethyl adjacent to an activating group) is 1. The van der Waals surface area contributed by atoms with Gasteiger partial charge in [-0.3, -0.25) is 9.69 Å². The third kappa shape index (κ3) is 0.849. The van der Waals surface area contributed by atoms with Crippen LogP contribution in [0.4, 0.5) is 0 Å². The second kappa shape index (κ2) is 2.45. The Morgan fingerprint density at radius 1 is 1.54 bits per heavy atom. The second-order valence-electron chi connectivity index (χ2n) is 4.25. The third-order valence-electron chi connectivity index (χ3n) is 3.63. The Hall–Kier alpha value is -0.610. The number of hydrogen-bond acceptors (Lipinski definition) is 3. The van der Waals surface area contributed by atoms with Gasteiger partial charge in [0.1, 0.15) is 0 Å². The van der Waals surface area contributed by atoms with Gasteiger partial charge < -0.3 is 9.64 Å². The van der Waals surface area contributed by atoms with E-state index in [1.807, 2.05) is 7.05 Å². The molecular formula is C9H14N2O2. The number of hydrogen-bond donors (Lipinski definition) is 0. The van der Waals surface area contributed by atoms with E-state index in [-0.39, 0.29) is 6.10 Å². The number of ether oxygens (including phenoxy) is 1. The van der Waals surface area contributed by atoms with Crippen LogP contribution >= 0.6 is 0 Å². The molecule has 0 aromatic heterocycles. The van der Waals surface area contributed by atoms with Gasteiger partial charge in [0.05, 0.1) is 24.3 Å². The molecule has 3 rings (SSSR count). The van der Waals surface area contributed by atoms with Crippen molar-refractivity contribution in [2.24, 2.45) is 0 Å². The molecule has 0 aromatic rings. The van der Waals surface area contributed by atoms with Crippen LogP contribution in [0.25, 0.3) is 0 Å². The van der Waals surface area contributed by atoms with Crippen molar-refractivity contribution in [1.82, 2.24) is 9.80 Å². The lowest BCUT2D eigenvalue weighted by atomic mass is 10.1. The Morgan fingerprint density at radius 3 is 3.08 bits per heavy atom. The minimum absolute atomic E-state index is 0.271. The molecule has 0 spiro atoms. The largest absolute Gasteiger partial charge is 0.370 e. The molecule has 72 valence electrons. The van der Waals surface area contributed by atoms with E-state index in [0.717, 1.165) is 25.9 Å². The number of rotatable bonds is 2. The Labute approximate surface area is 77.4 Å². The first-order chi connectivity index (χ1) is 6.31. The summed E-state index contributed by atoms with van der Waals surface area (Å²) < 4.78 is 5.84. The maximum Gasteiger partial charge on any atom is 0.209 e. The molecule has 4 atom stereocenters. The predicted molar refractivity (Wildman–Crippen MR) is 46.3 cm³/mol. The summed E-state index contributed by atoms with van der Waals surface area (Å²) >= 11 is 0. The van der Waals surface area contributed by atoms with Gasteiger partial charge in [-0.25, -0.2) is 0 Å². The van der Waals surface area contributed by atoms with E-state index in [2.05, 4.69) is 4.90 Å². The fourth-order valence-corrected chi connectivity index (χ4v) is 3.13. The van der Waals surface area contributed by atoms with Crippen LogP contribution < -0.4 is 0 Å². The van der Waals surface area contributed by atoms with Crippen molar-refractivity contribution in [2.45, 2.75) is 30.7 Å². The van der Waals surface area contributed by atoms with E-state index in [1.165, 1.54) is 0 Å². The highest BCUT2D eigenvalue weighted by Crippen LogP contribution is 2.41. The zero-order chi connectivity index (χ0) is 9.00. The van der Waals surface area contributed by atoms with Gasteiger partial charge in [0.15, 0.2) is 0 Å². The monoisotopic (exact) mass is 182 g/mol. The van der Waals surface area contributed by atoms with E-state index in [4.69, 9.17) is 4.74 Å². The number of amides is 1. The fraction of sp³-hybridized carbons (Fsp3) is 0.889. The molecule has 4 heteroatoms. The smallest absolute Gasteiger partial charge is 0.209 e. The van der Waals surface area contributed by atoms with E-state index < -0.39 is 0 Å². The molecule has 13 heavy (non-hydrogen) atoms. The number of nitrogens with zero attached hydrogens (tertiary/aromatic N) is 2. The van der Waals surface area contributed by atoms with Crippen LogP contribution in [0.2, 0.25) is 0 Å². The number of morpholine rings is 1. The first-order valence-corrected chi connectivity index (χ1v) is 4.88. The standard InChI is InChI=1S/C9H14N2O2/c1-10(5-12)8-7-4-11-3-2-6(13-7)9(8)11/h5-9H,2-4H2,1H3/t6?,7?,8?,9-/m1/s1. The summed E-state index contributed by atoms with van der Waals surface area (Å²) in [7, 11) is 1.86. The summed E-state index contributed by atoms with van der Waals surface area (Å²) in [6.45, 7) is 2.17. The summed E-state index contributed by atoms with van der Waals surface area (Å²) in [6.07, 6.45) is 2.73. The van der Waals surface area contributed by atoms with E-state index in [9.17, 15) is 4.79 Å². The van der Waals surface area contributed by atoms with Crippen LogP contribution in [-0.2, 0) is 9.53 Å². The van der Waals surface area contributed by atoms with Crippen LogP contribution in [0.15, 0.2) is 0 Å². The highest BCUT2D eigenvalue weighted by atomic mass is 16.5. The molecule has 0 aliphatic carbocycles. The Bertz CT molecular complexity index is 232. The molecule has 3 aliphatic rings. The summed E-state index contributed by atoms with van der Waals surface area (Å²) in [5, 5.41) is 0. The molecule has 2 bridgehead atoms. The van der Waals surface area contributed by atoms with Gasteiger partial charge in [0.25, 0.3) is 0 Å². The molecule has 3 fully saturated rings. The van der Waals surface area contributed by atoms with Crippen molar-refractivity contribution in [3.63, 3.8) is 0 Å². The van der Waals surface area contributed by atoms with Gasteiger partial charge in [0.2, 0.25) is 6.41 Å². The molecule has 4 nitrogen and oxygen atoms in total. The predicted octanol–water partition coefficient (Wildman–Crippen LogP) is -0.701. The fourth-order valence-electron chi connectivity index (χ4n) is 3.13. The molecule has 0 saturated carbocycles. The molecule has 3 unspecified atom stereocenters. The summed E-state index contributed by atoms with van der Waals surface area (Å²) in [4.78, 5) is 14.9. The molecule has 3 aliphatic heterocycles. The van der Waals surface area contributed by atoms with E-state index in [1.54, 1.807) is 4.90 Å². The van der Waals surface area contributed by atoms with Crippen molar-refractivity contribution < 1.29 is 9.53 Å². The van der Waals surface area contributed by atoms with Crippen molar-refractivity contribution >= 4 is 6.41 Å². The minimum Gasteiger partial charge on any atom is -0.370 e. The van der Waals surface area contributed by atoms with E-state index >= 15 is 0 Å². The maximum absolute atomic E-state index is 10.7. The van der Waals surface area contributed by atoms with Crippen LogP contribution in [0.5, 0.6) is 0 Å². The number of carbonyl (C=O) groups excluding carboxylic acids is 1. The lowest BCUT2D eigenvalue weighted by Gasteiger charge is -2.24. The number of fused-ring (bicyclic) bond motifs is 1. The van der Waals surface area contributed by atoms with Gasteiger partial charge in [-0.1, -0.05) is 0 Å². The quantitative estimate of drug-likeness (QED) is 0.529. The van der Waals surface area contributed by atoms with Crippen LogP contribution in [0, 0.1) is 0 Å². The first-order valence-electron chi connectivity index (χ1n) is 4.88. The maximum atomic E-state index is 10.7. The zero-order valence-corrected chi connectivity index (χ0v) is 7.72. The Kier molecular flexibility index (Phi) is 1.46. The van der Waals surface area contributed by atoms with Gasteiger partial charge in [-0.15, -0.1) is 0 Å². The first kappa shape index (κ1) is 7.76. The van der Waals surface area contributed by atoms with Crippen molar-refractivity contribution in [3.05, 3.63) is 0 Å². The van der Waals surface area contributed by atoms with Crippen LogP contribution in [-0.4, -0.2) is 60.6 Å². The lowest BCUT2D eigenvalue weighted by Crippen LogP contribution is -2.42. The molecule has 0 radical (unpaired) electrons. The van der Waals surface area contributed by atoms with Gasteiger partial charge in [-0.05, 0) is 6.42 Å². The van der Waals surface area contributed by atoms with Crippen molar-refractivity contribution in [1.29, 1.82) is 0 Å². The Morgan fingerprint density at radius 2 is 2.38 bits per heavy atom. The lowest BCUT2D eigenvalue weighted by molar-refractivity contribution is -0.119. The molecular weight excluding hydrogens is 168 g/mol. The normalized spacial score (nSPS) is 47.2. The highest BCUT2D eigenvalue weighted by molar-refractivity contribution is 5.48. The molecule has 0 aromatic carbocycles. The van der Waals surface area contributed by atoms with Gasteiger partial charge >= 0.3 is 0 Å². The Balaban J connectivity index is 1.89. The second-order valence-corrected chi connectivity index (χ2v) is 4.25. The summed E-state index contributed by atoms with van der Waals surface area (Å²) in [6, 6.07) is 0.796. The topological polar surface area (TPSA) is 32.8 Å². The average Bonchev–Trinajstić information content (AvgIpc) is 2.70. The zero-order valence-electron chi connectivity index (χ0n) is 7.72. The molecule has 1 amide bonds. The highest BCUT2D eigenvalue weighted by Gasteiger charge is 2.58. The third-order valence-corrected chi connectivity index (χ3v) is 3.63. The van der Waals surface area contributed by atoms with E-state index in [0.29, 0.717) is 18.2 Å².